The Balaban J connectivity index is 1.52. The van der Waals surface area contributed by atoms with Crippen LogP contribution in [0.15, 0.2) is 11.6 Å². The summed E-state index contributed by atoms with van der Waals surface area (Å²) in [6.45, 7) is 14.9. The van der Waals surface area contributed by atoms with Gasteiger partial charge in [-0.1, -0.05) is 72.5 Å². The molecule has 3 saturated carbocycles. The molecule has 0 bridgehead atoms. The highest BCUT2D eigenvalue weighted by Crippen LogP contribution is 2.67. The molecule has 0 amide bonds. The number of hydrogen-bond donors (Lipinski definition) is 1. The number of aliphatic hydroxyl groups excluding tert-OH is 1. The fourth-order valence-corrected chi connectivity index (χ4v) is 8.97. The number of aliphatic hydroxyl groups is 1. The summed E-state index contributed by atoms with van der Waals surface area (Å²) in [5.41, 5.74) is 2.85. The van der Waals surface area contributed by atoms with E-state index < -0.39 is 0 Å². The minimum absolute atomic E-state index is 0.0700. The number of hydrogen-bond acceptors (Lipinski definition) is 1. The molecule has 0 radical (unpaired) electrons. The Morgan fingerprint density at radius 2 is 1.66 bits per heavy atom. The van der Waals surface area contributed by atoms with Gasteiger partial charge in [0.1, 0.15) is 0 Å². The molecule has 4 rings (SSSR count). The predicted octanol–water partition coefficient (Wildman–Crippen LogP) is 7.63. The Morgan fingerprint density at radius 1 is 0.966 bits per heavy atom. The van der Waals surface area contributed by atoms with Gasteiger partial charge in [0.2, 0.25) is 0 Å². The normalized spacial score (nSPS) is 47.9. The van der Waals surface area contributed by atoms with E-state index in [0.29, 0.717) is 22.7 Å². The van der Waals surface area contributed by atoms with E-state index in [-0.39, 0.29) is 6.10 Å². The summed E-state index contributed by atoms with van der Waals surface area (Å²) in [5.74, 6) is 5.47. The van der Waals surface area contributed by atoms with Gasteiger partial charge in [-0.25, -0.2) is 0 Å². The van der Waals surface area contributed by atoms with E-state index >= 15 is 0 Å². The number of allylic oxidation sites excluding steroid dienone is 2. The molecule has 0 unspecified atom stereocenters. The molecular formula is C28H48O. The van der Waals surface area contributed by atoms with Gasteiger partial charge in [0, 0.05) is 0 Å². The van der Waals surface area contributed by atoms with E-state index in [0.717, 1.165) is 36.0 Å². The van der Waals surface area contributed by atoms with Crippen LogP contribution in [0, 0.1) is 52.3 Å². The van der Waals surface area contributed by atoms with Crippen molar-refractivity contribution in [2.24, 2.45) is 52.3 Å². The van der Waals surface area contributed by atoms with Gasteiger partial charge in [-0.3, -0.25) is 0 Å². The molecule has 0 aliphatic heterocycles. The molecule has 0 aromatic heterocycles. The Morgan fingerprint density at radius 3 is 2.38 bits per heavy atom. The molecule has 0 aromatic rings. The zero-order valence-corrected chi connectivity index (χ0v) is 20.2. The van der Waals surface area contributed by atoms with Crippen molar-refractivity contribution in [3.05, 3.63) is 11.6 Å². The van der Waals surface area contributed by atoms with Gasteiger partial charge in [-0.15, -0.1) is 0 Å². The SMILES string of the molecule is CC(C)CCC[C@@H](C)[C@H]1CC[C@H]2C3=CC[C@H]4[C@H](C)[C@H](O)CC[C@]4(C)[C@H]3CC[C@]12C. The summed E-state index contributed by atoms with van der Waals surface area (Å²) in [4.78, 5) is 0. The standard InChI is InChI=1S/C28H48O/c1-18(2)8-7-9-19(3)22-12-13-24-21-10-11-23-20(4)26(29)15-17-28(23,6)25(21)14-16-27(22,24)5/h10,18-20,22-26,29H,7-9,11-17H2,1-6H3/t19-,20+,22-,23+,24+,25+,26-,27-,28+/m1/s1. The summed E-state index contributed by atoms with van der Waals surface area (Å²) in [6, 6.07) is 0. The summed E-state index contributed by atoms with van der Waals surface area (Å²) >= 11 is 0. The van der Waals surface area contributed by atoms with Crippen LogP contribution in [0.4, 0.5) is 0 Å². The van der Waals surface area contributed by atoms with Gasteiger partial charge >= 0.3 is 0 Å². The lowest BCUT2D eigenvalue weighted by molar-refractivity contribution is -0.0773. The third-order valence-electron chi connectivity index (χ3n) is 10.8. The van der Waals surface area contributed by atoms with Crippen molar-refractivity contribution in [2.75, 3.05) is 0 Å². The Bertz CT molecular complexity index is 620. The smallest absolute Gasteiger partial charge is 0.0568 e. The molecule has 4 aliphatic carbocycles. The van der Waals surface area contributed by atoms with Crippen molar-refractivity contribution in [3.63, 3.8) is 0 Å². The van der Waals surface area contributed by atoms with Crippen molar-refractivity contribution in [1.82, 2.24) is 0 Å². The largest absolute Gasteiger partial charge is 0.393 e. The first kappa shape index (κ1) is 21.9. The van der Waals surface area contributed by atoms with Crippen molar-refractivity contribution >= 4 is 0 Å². The summed E-state index contributed by atoms with van der Waals surface area (Å²) in [6.07, 6.45) is 16.1. The first-order chi connectivity index (χ1) is 13.7. The van der Waals surface area contributed by atoms with Crippen molar-refractivity contribution < 1.29 is 5.11 Å². The van der Waals surface area contributed by atoms with E-state index in [4.69, 9.17) is 0 Å². The lowest BCUT2D eigenvalue weighted by Gasteiger charge is -2.59. The second-order valence-electron chi connectivity index (χ2n) is 12.7. The maximum atomic E-state index is 10.5. The van der Waals surface area contributed by atoms with Crippen molar-refractivity contribution in [3.8, 4) is 0 Å². The Labute approximate surface area is 181 Å². The maximum absolute atomic E-state index is 10.5. The van der Waals surface area contributed by atoms with E-state index in [1.54, 1.807) is 0 Å². The highest BCUT2D eigenvalue weighted by Gasteiger charge is 2.59. The molecule has 0 spiro atoms. The Hall–Kier alpha value is -0.300. The van der Waals surface area contributed by atoms with E-state index in [1.807, 2.05) is 5.57 Å². The monoisotopic (exact) mass is 400 g/mol. The third kappa shape index (κ3) is 3.56. The van der Waals surface area contributed by atoms with Gasteiger partial charge in [0.05, 0.1) is 6.10 Å². The van der Waals surface area contributed by atoms with Crippen molar-refractivity contribution in [1.29, 1.82) is 0 Å². The van der Waals surface area contributed by atoms with Crippen LogP contribution in [0.2, 0.25) is 0 Å². The fourth-order valence-electron chi connectivity index (χ4n) is 8.97. The van der Waals surface area contributed by atoms with E-state index in [2.05, 4.69) is 47.6 Å². The lowest BCUT2D eigenvalue weighted by Crippen LogP contribution is -2.52. The first-order valence-electron chi connectivity index (χ1n) is 13.1. The molecular weight excluding hydrogens is 352 g/mol. The molecule has 1 N–H and O–H groups in total. The van der Waals surface area contributed by atoms with Gasteiger partial charge in [-0.05, 0) is 97.2 Å². The van der Waals surface area contributed by atoms with Crippen LogP contribution in [-0.2, 0) is 0 Å². The highest BCUT2D eigenvalue weighted by atomic mass is 16.3. The molecule has 0 saturated heterocycles. The van der Waals surface area contributed by atoms with E-state index in [9.17, 15) is 5.11 Å². The molecule has 29 heavy (non-hydrogen) atoms. The lowest BCUT2D eigenvalue weighted by atomic mass is 9.46. The molecule has 1 heteroatoms. The minimum Gasteiger partial charge on any atom is -0.393 e. The van der Waals surface area contributed by atoms with E-state index in [1.165, 1.54) is 57.8 Å². The van der Waals surface area contributed by atoms with Gasteiger partial charge in [-0.2, -0.15) is 0 Å². The zero-order valence-electron chi connectivity index (χ0n) is 20.2. The Kier molecular flexibility index (Phi) is 6.04. The summed E-state index contributed by atoms with van der Waals surface area (Å²) in [5, 5.41) is 10.5. The second-order valence-corrected chi connectivity index (χ2v) is 12.7. The zero-order chi connectivity index (χ0) is 21.0. The second kappa shape index (κ2) is 7.99. The van der Waals surface area contributed by atoms with Crippen LogP contribution in [0.5, 0.6) is 0 Å². The first-order valence-corrected chi connectivity index (χ1v) is 13.1. The van der Waals surface area contributed by atoms with Gasteiger partial charge in [0.15, 0.2) is 0 Å². The van der Waals surface area contributed by atoms with Crippen LogP contribution in [0.1, 0.15) is 106 Å². The van der Waals surface area contributed by atoms with Crippen LogP contribution in [-0.4, -0.2) is 11.2 Å². The molecule has 0 heterocycles. The summed E-state index contributed by atoms with van der Waals surface area (Å²) in [7, 11) is 0. The average Bonchev–Trinajstić information content (AvgIpc) is 3.02. The van der Waals surface area contributed by atoms with Crippen LogP contribution >= 0.6 is 0 Å². The van der Waals surface area contributed by atoms with Crippen molar-refractivity contribution in [2.45, 2.75) is 112 Å². The molecule has 9 atom stereocenters. The number of rotatable bonds is 5. The maximum Gasteiger partial charge on any atom is 0.0568 e. The van der Waals surface area contributed by atoms with Crippen LogP contribution in [0.3, 0.4) is 0 Å². The molecule has 1 nitrogen and oxygen atoms in total. The molecule has 3 fully saturated rings. The third-order valence-corrected chi connectivity index (χ3v) is 10.8. The quantitative estimate of drug-likeness (QED) is 0.470. The van der Waals surface area contributed by atoms with Crippen LogP contribution in [0.25, 0.3) is 0 Å². The average molecular weight is 401 g/mol. The summed E-state index contributed by atoms with van der Waals surface area (Å²) < 4.78 is 0. The molecule has 166 valence electrons. The number of fused-ring (bicyclic) bond motifs is 5. The molecule has 4 aliphatic rings. The van der Waals surface area contributed by atoms with Crippen LogP contribution < -0.4 is 0 Å². The van der Waals surface area contributed by atoms with Gasteiger partial charge in [0.25, 0.3) is 0 Å². The highest BCUT2D eigenvalue weighted by molar-refractivity contribution is 5.28. The van der Waals surface area contributed by atoms with Gasteiger partial charge < -0.3 is 5.11 Å². The predicted molar refractivity (Wildman–Crippen MR) is 124 cm³/mol. The minimum atomic E-state index is -0.0700. The fraction of sp³-hybridized carbons (Fsp3) is 0.929. The molecule has 0 aromatic carbocycles. The topological polar surface area (TPSA) is 20.2 Å².